The summed E-state index contributed by atoms with van der Waals surface area (Å²) in [6.07, 6.45) is -4.50. The van der Waals surface area contributed by atoms with Crippen molar-refractivity contribution in [1.29, 1.82) is 0 Å². The Morgan fingerprint density at radius 2 is 1.67 bits per heavy atom. The number of nitrogens with one attached hydrogen (secondary N) is 1. The lowest BCUT2D eigenvalue weighted by atomic mass is 9.83. The largest absolute Gasteiger partial charge is 0.465 e. The van der Waals surface area contributed by atoms with E-state index in [0.29, 0.717) is 5.56 Å². The number of ether oxygens (including phenoxy) is 1. The highest BCUT2D eigenvalue weighted by atomic mass is 19.4. The van der Waals surface area contributed by atoms with Gasteiger partial charge in [-0.3, -0.25) is 14.9 Å². The van der Waals surface area contributed by atoms with Gasteiger partial charge in [-0.05, 0) is 17.7 Å². The second-order valence-corrected chi connectivity index (χ2v) is 7.16. The Labute approximate surface area is 170 Å². The van der Waals surface area contributed by atoms with Crippen molar-refractivity contribution >= 4 is 17.6 Å². The van der Waals surface area contributed by atoms with E-state index in [0.717, 1.165) is 37.4 Å². The van der Waals surface area contributed by atoms with Crippen molar-refractivity contribution in [2.24, 2.45) is 0 Å². The van der Waals surface area contributed by atoms with Crippen molar-refractivity contribution in [1.82, 2.24) is 5.32 Å². The van der Waals surface area contributed by atoms with Gasteiger partial charge in [-0.15, -0.1) is 0 Å². The minimum atomic E-state index is -4.50. The van der Waals surface area contributed by atoms with E-state index in [1.807, 2.05) is 0 Å². The summed E-state index contributed by atoms with van der Waals surface area (Å²) in [5, 5.41) is 13.6. The van der Waals surface area contributed by atoms with Gasteiger partial charge >= 0.3 is 12.1 Å². The summed E-state index contributed by atoms with van der Waals surface area (Å²) in [6, 6.07) is 7.89. The van der Waals surface area contributed by atoms with Crippen LogP contribution in [0, 0.1) is 10.1 Å². The first kappa shape index (κ1) is 22.9. The Morgan fingerprint density at radius 1 is 1.07 bits per heavy atom. The molecule has 0 bridgehead atoms. The van der Waals surface area contributed by atoms with Crippen LogP contribution in [0.4, 0.5) is 18.9 Å². The monoisotopic (exact) mass is 424 g/mol. The van der Waals surface area contributed by atoms with Gasteiger partial charge in [0.1, 0.15) is 0 Å². The van der Waals surface area contributed by atoms with E-state index in [2.05, 4.69) is 10.1 Å². The number of rotatable bonds is 6. The van der Waals surface area contributed by atoms with Gasteiger partial charge in [0, 0.05) is 29.7 Å². The number of halogens is 3. The number of hydrogen-bond acceptors (Lipinski definition) is 5. The molecular formula is C20H19F3N2O5. The predicted molar refractivity (Wildman–Crippen MR) is 101 cm³/mol. The zero-order valence-electron chi connectivity index (χ0n) is 16.4. The molecule has 1 N–H and O–H groups in total. The van der Waals surface area contributed by atoms with E-state index in [4.69, 9.17) is 0 Å². The van der Waals surface area contributed by atoms with Gasteiger partial charge in [0.15, 0.2) is 0 Å². The van der Waals surface area contributed by atoms with Crippen LogP contribution in [-0.4, -0.2) is 30.5 Å². The number of benzene rings is 2. The Morgan fingerprint density at radius 3 is 2.23 bits per heavy atom. The first-order valence-electron chi connectivity index (χ1n) is 8.69. The third kappa shape index (κ3) is 5.34. The number of esters is 1. The summed E-state index contributed by atoms with van der Waals surface area (Å²) in [7, 11) is 1.10. The normalized spacial score (nSPS) is 11.7. The number of nitro benzene ring substituents is 1. The average Bonchev–Trinajstić information content (AvgIpc) is 2.70. The molecule has 7 nitrogen and oxygen atoms in total. The molecule has 0 heterocycles. The fourth-order valence-electron chi connectivity index (χ4n) is 2.71. The first-order valence-corrected chi connectivity index (χ1v) is 8.69. The molecule has 0 unspecified atom stereocenters. The Balaban J connectivity index is 2.25. The molecule has 2 aromatic rings. The maximum absolute atomic E-state index is 13.0. The van der Waals surface area contributed by atoms with Gasteiger partial charge in [-0.25, -0.2) is 4.79 Å². The van der Waals surface area contributed by atoms with Crippen molar-refractivity contribution in [2.75, 3.05) is 13.7 Å². The highest BCUT2D eigenvalue weighted by molar-refractivity contribution is 5.99. The summed E-state index contributed by atoms with van der Waals surface area (Å²) < 4.78 is 43.4. The molecular weight excluding hydrogens is 405 g/mol. The lowest BCUT2D eigenvalue weighted by molar-refractivity contribution is -0.384. The summed E-state index contributed by atoms with van der Waals surface area (Å²) in [6.45, 7) is 3.25. The van der Waals surface area contributed by atoms with Crippen molar-refractivity contribution in [3.05, 3.63) is 74.8 Å². The summed E-state index contributed by atoms with van der Waals surface area (Å²) in [5.41, 5.74) is -2.12. The van der Waals surface area contributed by atoms with Gasteiger partial charge in [-0.2, -0.15) is 13.2 Å². The van der Waals surface area contributed by atoms with Crippen LogP contribution in [0.2, 0.25) is 0 Å². The third-order valence-corrected chi connectivity index (χ3v) is 4.47. The van der Waals surface area contributed by atoms with E-state index in [1.165, 1.54) is 12.1 Å². The predicted octanol–water partition coefficient (Wildman–Crippen LogP) is 4.11. The molecule has 0 saturated carbocycles. The van der Waals surface area contributed by atoms with E-state index < -0.39 is 39.6 Å². The number of nitrogens with zero attached hydrogens (tertiary/aromatic N) is 1. The Kier molecular flexibility index (Phi) is 6.49. The van der Waals surface area contributed by atoms with Crippen molar-refractivity contribution in [3.8, 4) is 0 Å². The first-order chi connectivity index (χ1) is 13.8. The zero-order chi connectivity index (χ0) is 22.7. The van der Waals surface area contributed by atoms with E-state index in [9.17, 15) is 32.9 Å². The number of methoxy groups -OCH3 is 1. The fourth-order valence-corrected chi connectivity index (χ4v) is 2.71. The van der Waals surface area contributed by atoms with Gasteiger partial charge < -0.3 is 10.1 Å². The van der Waals surface area contributed by atoms with Crippen molar-refractivity contribution in [3.63, 3.8) is 0 Å². The Hall–Kier alpha value is -3.43. The van der Waals surface area contributed by atoms with Crippen LogP contribution in [-0.2, 0) is 16.3 Å². The quantitative estimate of drug-likeness (QED) is 0.428. The highest BCUT2D eigenvalue weighted by Gasteiger charge is 2.32. The number of hydrogen-bond donors (Lipinski definition) is 1. The van der Waals surface area contributed by atoms with Crippen LogP contribution >= 0.6 is 0 Å². The van der Waals surface area contributed by atoms with E-state index in [-0.39, 0.29) is 17.7 Å². The molecule has 0 aliphatic heterocycles. The number of amides is 1. The molecule has 0 aliphatic carbocycles. The van der Waals surface area contributed by atoms with Crippen molar-refractivity contribution < 1.29 is 32.4 Å². The molecule has 0 saturated heterocycles. The Bertz CT molecular complexity index is 987. The van der Waals surface area contributed by atoms with Crippen molar-refractivity contribution in [2.45, 2.75) is 25.4 Å². The number of alkyl halides is 3. The van der Waals surface area contributed by atoms with E-state index >= 15 is 0 Å². The second kappa shape index (κ2) is 8.52. The number of nitro groups is 1. The minimum Gasteiger partial charge on any atom is -0.465 e. The smallest absolute Gasteiger partial charge is 0.416 e. The number of carbonyl (C=O) groups excluding carboxylic acids is 2. The maximum Gasteiger partial charge on any atom is 0.416 e. The molecule has 0 radical (unpaired) electrons. The van der Waals surface area contributed by atoms with Crippen LogP contribution < -0.4 is 5.32 Å². The lowest BCUT2D eigenvalue weighted by Gasteiger charge is -2.26. The molecule has 2 aromatic carbocycles. The maximum atomic E-state index is 13.0. The lowest BCUT2D eigenvalue weighted by Crippen LogP contribution is -2.37. The summed E-state index contributed by atoms with van der Waals surface area (Å²) in [4.78, 5) is 34.6. The third-order valence-electron chi connectivity index (χ3n) is 4.47. The molecule has 160 valence electrons. The fraction of sp³-hybridized carbons (Fsp3) is 0.300. The van der Waals surface area contributed by atoms with Crippen LogP contribution in [0.1, 0.15) is 45.7 Å². The SMILES string of the molecule is COC(=O)c1cc(C(=O)NCC(C)(C)c2cccc(C(F)(F)F)c2)cc([N+](=O)[O-])c1. The number of non-ortho nitro benzene ring substituents is 1. The van der Waals surface area contributed by atoms with Crippen LogP contribution in [0.25, 0.3) is 0 Å². The average molecular weight is 424 g/mol. The molecule has 10 heteroatoms. The van der Waals surface area contributed by atoms with Gasteiger partial charge in [0.25, 0.3) is 11.6 Å². The topological polar surface area (TPSA) is 98.5 Å². The van der Waals surface area contributed by atoms with Gasteiger partial charge in [0.2, 0.25) is 0 Å². The van der Waals surface area contributed by atoms with Crippen LogP contribution in [0.15, 0.2) is 42.5 Å². The highest BCUT2D eigenvalue weighted by Crippen LogP contribution is 2.32. The van der Waals surface area contributed by atoms with E-state index in [1.54, 1.807) is 13.8 Å². The molecule has 1 amide bonds. The van der Waals surface area contributed by atoms with Gasteiger partial charge in [-0.1, -0.05) is 32.0 Å². The molecule has 0 fully saturated rings. The van der Waals surface area contributed by atoms with Crippen LogP contribution in [0.3, 0.4) is 0 Å². The molecule has 0 atom stereocenters. The zero-order valence-corrected chi connectivity index (χ0v) is 16.4. The number of carbonyl (C=O) groups is 2. The second-order valence-electron chi connectivity index (χ2n) is 7.16. The standard InChI is InChI=1S/C20H19F3N2O5/c1-19(2,14-5-4-6-15(10-14)20(21,22)23)11-24-17(26)12-7-13(18(27)30-3)9-16(8-12)25(28)29/h4-10H,11H2,1-3H3,(H,24,26). The minimum absolute atomic E-state index is 0.0522. The summed E-state index contributed by atoms with van der Waals surface area (Å²) in [5.74, 6) is -1.57. The summed E-state index contributed by atoms with van der Waals surface area (Å²) >= 11 is 0. The molecule has 2 rings (SSSR count). The molecule has 0 aliphatic rings. The van der Waals surface area contributed by atoms with Gasteiger partial charge in [0.05, 0.1) is 23.2 Å². The van der Waals surface area contributed by atoms with Crippen LogP contribution in [0.5, 0.6) is 0 Å². The molecule has 0 spiro atoms. The molecule has 0 aromatic heterocycles. The molecule has 30 heavy (non-hydrogen) atoms.